The van der Waals surface area contributed by atoms with E-state index < -0.39 is 29.6 Å². The lowest BCUT2D eigenvalue weighted by atomic mass is 10.1. The topological polar surface area (TPSA) is 49.4 Å². The van der Waals surface area contributed by atoms with E-state index in [1.807, 2.05) is 0 Å². The Labute approximate surface area is 117 Å². The van der Waals surface area contributed by atoms with Crippen LogP contribution in [0, 0.1) is 0 Å². The predicted octanol–water partition coefficient (Wildman–Crippen LogP) is 2.53. The maximum absolute atomic E-state index is 12.9. The Balaban J connectivity index is 2.31. The molecule has 0 aromatic heterocycles. The standard InChI is InChI=1S/C12H10ClF3N2O2/c1-18-10(19)5-9(11(18)20)17-8-3-2-6(13)4-7(8)12(14,15)16/h2-4,9,17H,5H2,1H3. The summed E-state index contributed by atoms with van der Waals surface area (Å²) in [6.45, 7) is 0. The van der Waals surface area contributed by atoms with E-state index in [4.69, 9.17) is 11.6 Å². The molecule has 1 unspecified atom stereocenters. The number of amides is 2. The van der Waals surface area contributed by atoms with Crippen LogP contribution in [0.25, 0.3) is 0 Å². The molecule has 1 saturated heterocycles. The van der Waals surface area contributed by atoms with Crippen LogP contribution in [0.1, 0.15) is 12.0 Å². The number of benzene rings is 1. The van der Waals surface area contributed by atoms with Gasteiger partial charge < -0.3 is 5.32 Å². The maximum Gasteiger partial charge on any atom is 0.418 e. The first-order valence-electron chi connectivity index (χ1n) is 5.64. The van der Waals surface area contributed by atoms with Crippen LogP contribution in [-0.2, 0) is 15.8 Å². The maximum atomic E-state index is 12.9. The van der Waals surface area contributed by atoms with Crippen LogP contribution < -0.4 is 5.32 Å². The van der Waals surface area contributed by atoms with Gasteiger partial charge in [-0.3, -0.25) is 14.5 Å². The van der Waals surface area contributed by atoms with E-state index in [1.165, 1.54) is 13.1 Å². The van der Waals surface area contributed by atoms with Crippen molar-refractivity contribution in [3.8, 4) is 0 Å². The third kappa shape index (κ3) is 2.72. The molecule has 4 nitrogen and oxygen atoms in total. The Morgan fingerprint density at radius 1 is 1.35 bits per heavy atom. The Bertz CT molecular complexity index is 574. The Morgan fingerprint density at radius 2 is 2.00 bits per heavy atom. The highest BCUT2D eigenvalue weighted by atomic mass is 35.5. The van der Waals surface area contributed by atoms with Gasteiger partial charge in [0.15, 0.2) is 0 Å². The van der Waals surface area contributed by atoms with Crippen molar-refractivity contribution < 1.29 is 22.8 Å². The van der Waals surface area contributed by atoms with Gasteiger partial charge >= 0.3 is 6.18 Å². The number of hydrogen-bond donors (Lipinski definition) is 1. The highest BCUT2D eigenvalue weighted by Crippen LogP contribution is 2.37. The van der Waals surface area contributed by atoms with Crippen molar-refractivity contribution in [2.45, 2.75) is 18.6 Å². The zero-order valence-corrected chi connectivity index (χ0v) is 11.0. The number of rotatable bonds is 2. The first kappa shape index (κ1) is 14.6. The molecular formula is C12H10ClF3N2O2. The summed E-state index contributed by atoms with van der Waals surface area (Å²) in [5.74, 6) is -0.993. The largest absolute Gasteiger partial charge is 0.418 e. The molecule has 1 atom stereocenters. The zero-order valence-electron chi connectivity index (χ0n) is 10.3. The molecular weight excluding hydrogens is 297 g/mol. The minimum Gasteiger partial charge on any atom is -0.373 e. The van der Waals surface area contributed by atoms with Gasteiger partial charge in [-0.1, -0.05) is 11.6 Å². The summed E-state index contributed by atoms with van der Waals surface area (Å²) in [6, 6.07) is 2.20. The summed E-state index contributed by atoms with van der Waals surface area (Å²) in [7, 11) is 1.29. The number of likely N-dealkylation sites (tertiary alicyclic amines) is 1. The van der Waals surface area contributed by atoms with Gasteiger partial charge in [0.2, 0.25) is 5.91 Å². The molecule has 1 fully saturated rings. The normalized spacial score (nSPS) is 19.6. The smallest absolute Gasteiger partial charge is 0.373 e. The van der Waals surface area contributed by atoms with Gasteiger partial charge in [0.05, 0.1) is 12.0 Å². The summed E-state index contributed by atoms with van der Waals surface area (Å²) in [4.78, 5) is 23.9. The summed E-state index contributed by atoms with van der Waals surface area (Å²) in [5.41, 5.74) is -1.25. The van der Waals surface area contributed by atoms with Crippen LogP contribution in [0.3, 0.4) is 0 Å². The first-order valence-corrected chi connectivity index (χ1v) is 6.01. The van der Waals surface area contributed by atoms with Crippen LogP contribution in [0.15, 0.2) is 18.2 Å². The summed E-state index contributed by atoms with van der Waals surface area (Å²) in [5, 5.41) is 2.40. The predicted molar refractivity (Wildman–Crippen MR) is 66.3 cm³/mol. The van der Waals surface area contributed by atoms with Crippen molar-refractivity contribution in [3.05, 3.63) is 28.8 Å². The number of anilines is 1. The average molecular weight is 307 g/mol. The van der Waals surface area contributed by atoms with Crippen molar-refractivity contribution in [3.63, 3.8) is 0 Å². The second-order valence-electron chi connectivity index (χ2n) is 4.38. The molecule has 20 heavy (non-hydrogen) atoms. The van der Waals surface area contributed by atoms with Crippen LogP contribution in [0.4, 0.5) is 18.9 Å². The van der Waals surface area contributed by atoms with Crippen molar-refractivity contribution in [1.82, 2.24) is 4.90 Å². The Kier molecular flexibility index (Phi) is 3.64. The van der Waals surface area contributed by atoms with Gasteiger partial charge in [0.25, 0.3) is 5.91 Å². The average Bonchev–Trinajstić information content (AvgIpc) is 2.58. The molecule has 1 heterocycles. The van der Waals surface area contributed by atoms with E-state index in [2.05, 4.69) is 5.32 Å². The molecule has 1 aromatic carbocycles. The summed E-state index contributed by atoms with van der Waals surface area (Å²) in [6.07, 6.45) is -4.78. The van der Waals surface area contributed by atoms with Crippen LogP contribution in [0.5, 0.6) is 0 Å². The number of carbonyl (C=O) groups is 2. The fraction of sp³-hybridized carbons (Fsp3) is 0.333. The van der Waals surface area contributed by atoms with E-state index in [0.717, 1.165) is 17.0 Å². The number of carbonyl (C=O) groups excluding carboxylic acids is 2. The van der Waals surface area contributed by atoms with Gasteiger partial charge in [0.1, 0.15) is 6.04 Å². The highest BCUT2D eigenvalue weighted by molar-refractivity contribution is 6.30. The molecule has 1 aliphatic rings. The van der Waals surface area contributed by atoms with Crippen molar-refractivity contribution in [1.29, 1.82) is 0 Å². The number of nitrogens with one attached hydrogen (secondary N) is 1. The lowest BCUT2D eigenvalue weighted by Crippen LogP contribution is -2.32. The van der Waals surface area contributed by atoms with E-state index in [0.29, 0.717) is 0 Å². The van der Waals surface area contributed by atoms with Gasteiger partial charge in [-0.25, -0.2) is 0 Å². The van der Waals surface area contributed by atoms with Crippen LogP contribution >= 0.6 is 11.6 Å². The van der Waals surface area contributed by atoms with E-state index in [9.17, 15) is 22.8 Å². The van der Waals surface area contributed by atoms with Gasteiger partial charge in [-0.2, -0.15) is 13.2 Å². The minimum absolute atomic E-state index is 0.0613. The molecule has 8 heteroatoms. The third-order valence-electron chi connectivity index (χ3n) is 3.00. The third-order valence-corrected chi connectivity index (χ3v) is 3.23. The number of alkyl halides is 3. The first-order chi connectivity index (χ1) is 9.20. The fourth-order valence-corrected chi connectivity index (χ4v) is 2.10. The number of imide groups is 1. The van der Waals surface area contributed by atoms with Crippen molar-refractivity contribution in [2.24, 2.45) is 0 Å². The molecule has 0 spiro atoms. The molecule has 1 aliphatic heterocycles. The zero-order chi connectivity index (χ0) is 15.1. The molecule has 2 amide bonds. The molecule has 1 N–H and O–H groups in total. The second kappa shape index (κ2) is 4.97. The molecule has 0 bridgehead atoms. The second-order valence-corrected chi connectivity index (χ2v) is 4.82. The van der Waals surface area contributed by atoms with Crippen LogP contribution in [-0.4, -0.2) is 29.8 Å². The fourth-order valence-electron chi connectivity index (χ4n) is 1.93. The number of hydrogen-bond acceptors (Lipinski definition) is 3. The SMILES string of the molecule is CN1C(=O)CC(Nc2ccc(Cl)cc2C(F)(F)F)C1=O. The molecule has 2 rings (SSSR count). The summed E-state index contributed by atoms with van der Waals surface area (Å²) >= 11 is 5.56. The van der Waals surface area contributed by atoms with E-state index >= 15 is 0 Å². The molecule has 0 saturated carbocycles. The molecule has 1 aromatic rings. The van der Waals surface area contributed by atoms with Gasteiger partial charge in [0, 0.05) is 17.8 Å². The minimum atomic E-state index is -4.61. The molecule has 0 aliphatic carbocycles. The van der Waals surface area contributed by atoms with Gasteiger partial charge in [-0.15, -0.1) is 0 Å². The van der Waals surface area contributed by atoms with Crippen molar-refractivity contribution >= 4 is 29.1 Å². The monoisotopic (exact) mass is 306 g/mol. The number of nitrogens with zero attached hydrogens (tertiary/aromatic N) is 1. The quantitative estimate of drug-likeness (QED) is 0.854. The van der Waals surface area contributed by atoms with Crippen LogP contribution in [0.2, 0.25) is 5.02 Å². The number of halogens is 4. The molecule has 0 radical (unpaired) electrons. The van der Waals surface area contributed by atoms with Crippen molar-refractivity contribution in [2.75, 3.05) is 12.4 Å². The summed E-state index contributed by atoms with van der Waals surface area (Å²) < 4.78 is 38.7. The Morgan fingerprint density at radius 3 is 2.50 bits per heavy atom. The van der Waals surface area contributed by atoms with E-state index in [1.54, 1.807) is 0 Å². The van der Waals surface area contributed by atoms with E-state index in [-0.39, 0.29) is 17.1 Å². The van der Waals surface area contributed by atoms with Gasteiger partial charge in [-0.05, 0) is 18.2 Å². The highest BCUT2D eigenvalue weighted by Gasteiger charge is 2.39. The lowest BCUT2D eigenvalue weighted by Gasteiger charge is -2.17. The number of likely N-dealkylation sites (N-methyl/N-ethyl adjacent to an activating group) is 1. The molecule has 108 valence electrons. The lowest BCUT2D eigenvalue weighted by molar-refractivity contribution is -0.138. The Hall–Kier alpha value is -1.76.